The lowest BCUT2D eigenvalue weighted by atomic mass is 10.0. The molecule has 4 rings (SSSR count). The van der Waals surface area contributed by atoms with Gasteiger partial charge in [0.05, 0.1) is 17.3 Å². The number of urea groups is 1. The van der Waals surface area contributed by atoms with Crippen LogP contribution in [0.2, 0.25) is 10.0 Å². The van der Waals surface area contributed by atoms with Gasteiger partial charge in [-0.3, -0.25) is 14.9 Å². The van der Waals surface area contributed by atoms with Crippen molar-refractivity contribution in [3.8, 4) is 11.5 Å². The van der Waals surface area contributed by atoms with Crippen molar-refractivity contribution in [1.82, 2.24) is 5.32 Å². The minimum Gasteiger partial charge on any atom is -0.490 e. The number of aryl methyl sites for hydroxylation is 2. The Morgan fingerprint density at radius 3 is 2.43 bits per heavy atom. The molecule has 37 heavy (non-hydrogen) atoms. The van der Waals surface area contributed by atoms with Crippen molar-refractivity contribution in [2.24, 2.45) is 0 Å². The maximum absolute atomic E-state index is 13.3. The van der Waals surface area contributed by atoms with Crippen molar-refractivity contribution in [3.63, 3.8) is 0 Å². The molecular weight excluding hydrogens is 515 g/mol. The molecule has 1 fully saturated rings. The predicted octanol–water partition coefficient (Wildman–Crippen LogP) is 6.25. The molecule has 0 unspecified atom stereocenters. The summed E-state index contributed by atoms with van der Waals surface area (Å²) in [6.45, 7) is 5.93. The SMILES string of the molecule is CCOc1cc(/C=C2\C(=O)NC(=O)N(c3cc(C)ccc3C)C2=O)cc(Cl)c1OCc1ccccc1Cl. The predicted molar refractivity (Wildman–Crippen MR) is 143 cm³/mol. The van der Waals surface area contributed by atoms with Gasteiger partial charge >= 0.3 is 6.03 Å². The Balaban J connectivity index is 1.69. The van der Waals surface area contributed by atoms with Crippen molar-refractivity contribution >= 4 is 52.8 Å². The zero-order chi connectivity index (χ0) is 26.7. The molecule has 190 valence electrons. The number of imide groups is 2. The maximum atomic E-state index is 13.3. The second kappa shape index (κ2) is 11.1. The monoisotopic (exact) mass is 538 g/mol. The average Bonchev–Trinajstić information content (AvgIpc) is 2.84. The Labute approximate surface area is 224 Å². The van der Waals surface area contributed by atoms with Gasteiger partial charge in [-0.2, -0.15) is 0 Å². The van der Waals surface area contributed by atoms with E-state index in [4.69, 9.17) is 32.7 Å². The Bertz CT molecular complexity index is 1430. The van der Waals surface area contributed by atoms with Crippen molar-refractivity contribution < 1.29 is 23.9 Å². The number of hydrogen-bond acceptors (Lipinski definition) is 5. The normalized spacial score (nSPS) is 14.7. The van der Waals surface area contributed by atoms with Crippen molar-refractivity contribution in [1.29, 1.82) is 0 Å². The van der Waals surface area contributed by atoms with Crippen LogP contribution in [0.5, 0.6) is 11.5 Å². The van der Waals surface area contributed by atoms with Crippen LogP contribution in [0.3, 0.4) is 0 Å². The fraction of sp³-hybridized carbons (Fsp3) is 0.179. The molecule has 3 aromatic rings. The molecular formula is C28H24Cl2N2O5. The van der Waals surface area contributed by atoms with E-state index in [1.54, 1.807) is 37.3 Å². The highest BCUT2D eigenvalue weighted by Gasteiger charge is 2.37. The fourth-order valence-corrected chi connectivity index (χ4v) is 4.31. The van der Waals surface area contributed by atoms with Crippen LogP contribution in [0.1, 0.15) is 29.2 Å². The minimum atomic E-state index is -0.808. The maximum Gasteiger partial charge on any atom is 0.335 e. The molecule has 1 heterocycles. The van der Waals surface area contributed by atoms with Crippen LogP contribution in [0.15, 0.2) is 60.2 Å². The summed E-state index contributed by atoms with van der Waals surface area (Å²) in [5.41, 5.74) is 2.96. The number of nitrogens with one attached hydrogen (secondary N) is 1. The number of amides is 4. The number of anilines is 1. The van der Waals surface area contributed by atoms with Gasteiger partial charge in [-0.05, 0) is 67.8 Å². The summed E-state index contributed by atoms with van der Waals surface area (Å²) < 4.78 is 11.7. The van der Waals surface area contributed by atoms with Crippen LogP contribution in [-0.4, -0.2) is 24.5 Å². The van der Waals surface area contributed by atoms with Gasteiger partial charge in [0, 0.05) is 10.6 Å². The average molecular weight is 539 g/mol. The highest BCUT2D eigenvalue weighted by atomic mass is 35.5. The second-order valence-corrected chi connectivity index (χ2v) is 9.21. The summed E-state index contributed by atoms with van der Waals surface area (Å²) in [5, 5.41) is 3.02. The van der Waals surface area contributed by atoms with Crippen molar-refractivity contribution in [3.05, 3.63) is 92.5 Å². The van der Waals surface area contributed by atoms with Gasteiger partial charge < -0.3 is 9.47 Å². The molecule has 4 amide bonds. The van der Waals surface area contributed by atoms with E-state index in [1.807, 2.05) is 38.1 Å². The Kier molecular flexibility index (Phi) is 7.86. The zero-order valence-electron chi connectivity index (χ0n) is 20.4. The molecule has 0 aliphatic carbocycles. The number of ether oxygens (including phenoxy) is 2. The van der Waals surface area contributed by atoms with E-state index >= 15 is 0 Å². The van der Waals surface area contributed by atoms with Gasteiger partial charge in [0.25, 0.3) is 11.8 Å². The minimum absolute atomic E-state index is 0.160. The molecule has 1 N–H and O–H groups in total. The molecule has 1 aliphatic rings. The summed E-state index contributed by atoms with van der Waals surface area (Å²) in [4.78, 5) is 39.6. The van der Waals surface area contributed by atoms with Gasteiger partial charge in [0.2, 0.25) is 0 Å². The summed E-state index contributed by atoms with van der Waals surface area (Å²) >= 11 is 12.8. The fourth-order valence-electron chi connectivity index (χ4n) is 3.84. The topological polar surface area (TPSA) is 84.9 Å². The third kappa shape index (κ3) is 5.63. The van der Waals surface area contributed by atoms with Crippen molar-refractivity contribution in [2.45, 2.75) is 27.4 Å². The number of rotatable bonds is 7. The molecule has 0 saturated carbocycles. The van der Waals surface area contributed by atoms with E-state index in [1.165, 1.54) is 6.08 Å². The van der Waals surface area contributed by atoms with E-state index in [2.05, 4.69) is 5.32 Å². The summed E-state index contributed by atoms with van der Waals surface area (Å²) in [5.74, 6) is -0.905. The summed E-state index contributed by atoms with van der Waals surface area (Å²) in [7, 11) is 0. The first kappa shape index (κ1) is 26.3. The van der Waals surface area contributed by atoms with E-state index in [-0.39, 0.29) is 17.2 Å². The Hall–Kier alpha value is -3.81. The van der Waals surface area contributed by atoms with Gasteiger partial charge in [-0.25, -0.2) is 9.69 Å². The van der Waals surface area contributed by atoms with Crippen LogP contribution in [-0.2, 0) is 16.2 Å². The molecule has 1 saturated heterocycles. The lowest BCUT2D eigenvalue weighted by Gasteiger charge is -2.28. The van der Waals surface area contributed by atoms with Crippen LogP contribution in [0, 0.1) is 13.8 Å². The number of carbonyl (C=O) groups is 3. The molecule has 0 spiro atoms. The van der Waals surface area contributed by atoms with Gasteiger partial charge in [-0.15, -0.1) is 0 Å². The van der Waals surface area contributed by atoms with E-state index in [0.717, 1.165) is 16.0 Å². The van der Waals surface area contributed by atoms with E-state index in [0.29, 0.717) is 39.9 Å². The van der Waals surface area contributed by atoms with Gasteiger partial charge in [-0.1, -0.05) is 53.5 Å². The molecule has 7 nitrogen and oxygen atoms in total. The first-order valence-electron chi connectivity index (χ1n) is 11.5. The number of barbiturate groups is 1. The first-order valence-corrected chi connectivity index (χ1v) is 12.3. The van der Waals surface area contributed by atoms with Gasteiger partial charge in [0.1, 0.15) is 12.2 Å². The second-order valence-electron chi connectivity index (χ2n) is 8.39. The molecule has 0 radical (unpaired) electrons. The number of carbonyl (C=O) groups excluding carboxylic acids is 3. The molecule has 0 aromatic heterocycles. The summed E-state index contributed by atoms with van der Waals surface area (Å²) in [6.07, 6.45) is 1.37. The van der Waals surface area contributed by atoms with Crippen LogP contribution in [0.4, 0.5) is 10.5 Å². The van der Waals surface area contributed by atoms with Crippen LogP contribution >= 0.6 is 23.2 Å². The smallest absolute Gasteiger partial charge is 0.335 e. The number of nitrogens with zero attached hydrogens (tertiary/aromatic N) is 1. The quantitative estimate of drug-likeness (QED) is 0.283. The number of hydrogen-bond donors (Lipinski definition) is 1. The third-order valence-corrected chi connectivity index (χ3v) is 6.33. The lowest BCUT2D eigenvalue weighted by Crippen LogP contribution is -2.54. The molecule has 0 atom stereocenters. The number of benzene rings is 3. The van der Waals surface area contributed by atoms with E-state index in [9.17, 15) is 14.4 Å². The van der Waals surface area contributed by atoms with E-state index < -0.39 is 17.8 Å². The number of halogens is 2. The highest BCUT2D eigenvalue weighted by molar-refractivity contribution is 6.39. The third-order valence-electron chi connectivity index (χ3n) is 5.68. The summed E-state index contributed by atoms with van der Waals surface area (Å²) in [6, 6.07) is 15.0. The molecule has 0 bridgehead atoms. The standard InChI is InChI=1S/C28H24Cl2N2O5/c1-4-36-24-14-18(13-22(30)25(24)37-15-19-7-5-6-8-21(19)29)12-20-26(33)31-28(35)32(27(20)34)23-11-16(2)9-10-17(23)3/h5-14H,4,15H2,1-3H3,(H,31,33,35)/b20-12+. The van der Waals surface area contributed by atoms with Crippen LogP contribution < -0.4 is 19.7 Å². The zero-order valence-corrected chi connectivity index (χ0v) is 21.9. The molecule has 9 heteroatoms. The van der Waals surface area contributed by atoms with Gasteiger partial charge in [0.15, 0.2) is 11.5 Å². The largest absolute Gasteiger partial charge is 0.490 e. The van der Waals surface area contributed by atoms with Crippen molar-refractivity contribution in [2.75, 3.05) is 11.5 Å². The molecule has 1 aliphatic heterocycles. The highest BCUT2D eigenvalue weighted by Crippen LogP contribution is 2.38. The Morgan fingerprint density at radius 2 is 1.70 bits per heavy atom. The first-order chi connectivity index (χ1) is 17.7. The Morgan fingerprint density at radius 1 is 0.946 bits per heavy atom. The molecule has 3 aromatic carbocycles. The van der Waals surface area contributed by atoms with Crippen LogP contribution in [0.25, 0.3) is 6.08 Å². The lowest BCUT2D eigenvalue weighted by molar-refractivity contribution is -0.122.